The van der Waals surface area contributed by atoms with E-state index in [4.69, 9.17) is 10.5 Å². The van der Waals surface area contributed by atoms with Crippen molar-refractivity contribution >= 4 is 22.5 Å². The van der Waals surface area contributed by atoms with E-state index in [2.05, 4.69) is 15.2 Å². The molecule has 3 aromatic rings. The van der Waals surface area contributed by atoms with Crippen LogP contribution in [0, 0.1) is 22.9 Å². The van der Waals surface area contributed by atoms with Gasteiger partial charge in [0, 0.05) is 43.4 Å². The van der Waals surface area contributed by atoms with E-state index < -0.39 is 28.8 Å². The van der Waals surface area contributed by atoms with Gasteiger partial charge < -0.3 is 20.7 Å². The number of aromatic nitrogens is 1. The number of amides is 1. The number of nitrogens with two attached hydrogens (primary N) is 1. The highest BCUT2D eigenvalue weighted by Gasteiger charge is 2.40. The van der Waals surface area contributed by atoms with E-state index in [1.165, 1.54) is 0 Å². The number of pyridine rings is 1. The van der Waals surface area contributed by atoms with Gasteiger partial charge in [0.1, 0.15) is 11.6 Å². The molecule has 2 heterocycles. The number of nitrogens with zero attached hydrogens (tertiary/aromatic N) is 2. The molecule has 11 heteroatoms. The van der Waals surface area contributed by atoms with Crippen molar-refractivity contribution in [3.63, 3.8) is 0 Å². The van der Waals surface area contributed by atoms with Gasteiger partial charge in [-0.15, -0.1) is 0 Å². The highest BCUT2D eigenvalue weighted by Crippen LogP contribution is 2.38. The molecule has 0 atom stereocenters. The molecule has 0 spiro atoms. The summed E-state index contributed by atoms with van der Waals surface area (Å²) in [4.78, 5) is 19.4. The standard InChI is InChI=1S/C28H34F3N5O3/c1-39-20-4-5-24-22(15-20)21(18(16-32)17-34-24)3-2-6-28(27(37)35-38)7-10-36(11-8-28)12-9-33-25-14-19(29)13-23(30)26(25)31/h4-5,13-15,17,33,38H,2-3,6-12,16,32H2,1H3,(H,35,37). The van der Waals surface area contributed by atoms with Gasteiger partial charge in [-0.1, -0.05) is 0 Å². The Labute approximate surface area is 225 Å². The fourth-order valence-corrected chi connectivity index (χ4v) is 5.42. The Kier molecular flexibility index (Phi) is 9.26. The molecule has 2 aromatic carbocycles. The summed E-state index contributed by atoms with van der Waals surface area (Å²) in [5.74, 6) is -2.90. The van der Waals surface area contributed by atoms with E-state index in [0.29, 0.717) is 64.3 Å². The Hall–Kier alpha value is -3.41. The second-order valence-electron chi connectivity index (χ2n) is 9.94. The van der Waals surface area contributed by atoms with Crippen molar-refractivity contribution in [2.75, 3.05) is 38.6 Å². The number of piperidine rings is 1. The SMILES string of the molecule is COc1ccc2ncc(CN)c(CCCC3(C(=O)NO)CCN(CCNc4cc(F)cc(F)c4F)CC3)c2c1. The van der Waals surface area contributed by atoms with Crippen LogP contribution in [-0.2, 0) is 17.8 Å². The Bertz CT molecular complexity index is 1310. The smallest absolute Gasteiger partial charge is 0.249 e. The highest BCUT2D eigenvalue weighted by atomic mass is 19.2. The summed E-state index contributed by atoms with van der Waals surface area (Å²) in [7, 11) is 1.61. The number of hydroxylamine groups is 1. The fraction of sp³-hybridized carbons (Fsp3) is 0.429. The lowest BCUT2D eigenvalue weighted by molar-refractivity contribution is -0.143. The van der Waals surface area contributed by atoms with Crippen molar-refractivity contribution in [3.05, 3.63) is 65.1 Å². The zero-order valence-electron chi connectivity index (χ0n) is 21.9. The quantitative estimate of drug-likeness (QED) is 0.163. The van der Waals surface area contributed by atoms with Crippen LogP contribution in [0.5, 0.6) is 5.75 Å². The van der Waals surface area contributed by atoms with E-state index in [1.807, 2.05) is 23.7 Å². The second kappa shape index (κ2) is 12.6. The predicted octanol–water partition coefficient (Wildman–Crippen LogP) is 4.14. The maximum absolute atomic E-state index is 13.9. The molecule has 0 aliphatic carbocycles. The number of methoxy groups -OCH3 is 1. The number of hydrogen-bond donors (Lipinski definition) is 4. The van der Waals surface area contributed by atoms with Crippen LogP contribution in [0.15, 0.2) is 36.5 Å². The first-order valence-corrected chi connectivity index (χ1v) is 13.0. The molecule has 1 amide bonds. The van der Waals surface area contributed by atoms with Crippen LogP contribution in [0.4, 0.5) is 18.9 Å². The minimum atomic E-state index is -1.24. The summed E-state index contributed by atoms with van der Waals surface area (Å²) in [5, 5.41) is 13.2. The third-order valence-corrected chi connectivity index (χ3v) is 7.71. The number of carbonyl (C=O) groups excluding carboxylic acids is 1. The number of benzene rings is 2. The first-order valence-electron chi connectivity index (χ1n) is 13.0. The number of rotatable bonds is 11. The summed E-state index contributed by atoms with van der Waals surface area (Å²) in [6, 6.07) is 7.13. The average molecular weight is 546 g/mol. The summed E-state index contributed by atoms with van der Waals surface area (Å²) < 4.78 is 46.1. The first-order chi connectivity index (χ1) is 18.8. The highest BCUT2D eigenvalue weighted by molar-refractivity contribution is 5.84. The normalized spacial score (nSPS) is 15.3. The van der Waals surface area contributed by atoms with Crippen LogP contribution < -0.4 is 21.3 Å². The van der Waals surface area contributed by atoms with Crippen molar-refractivity contribution in [2.45, 2.75) is 38.6 Å². The topological polar surface area (TPSA) is 113 Å². The van der Waals surface area contributed by atoms with Crippen LogP contribution in [0.3, 0.4) is 0 Å². The van der Waals surface area contributed by atoms with E-state index >= 15 is 0 Å². The van der Waals surface area contributed by atoms with Crippen molar-refractivity contribution < 1.29 is 27.9 Å². The zero-order chi connectivity index (χ0) is 28.0. The van der Waals surface area contributed by atoms with Gasteiger partial charge in [0.2, 0.25) is 5.91 Å². The molecule has 0 radical (unpaired) electrons. The van der Waals surface area contributed by atoms with Crippen LogP contribution in [0.25, 0.3) is 10.9 Å². The molecule has 4 rings (SSSR count). The number of ether oxygens (including phenoxy) is 1. The lowest BCUT2D eigenvalue weighted by Crippen LogP contribution is -2.49. The number of hydrogen-bond acceptors (Lipinski definition) is 7. The van der Waals surface area contributed by atoms with Gasteiger partial charge in [-0.2, -0.15) is 0 Å². The number of aryl methyl sites for hydroxylation is 1. The molecule has 210 valence electrons. The summed E-state index contributed by atoms with van der Waals surface area (Å²) in [6.45, 7) is 2.28. The predicted molar refractivity (Wildman–Crippen MR) is 142 cm³/mol. The van der Waals surface area contributed by atoms with E-state index in [9.17, 15) is 23.2 Å². The van der Waals surface area contributed by atoms with Crippen molar-refractivity contribution in [1.82, 2.24) is 15.4 Å². The lowest BCUT2D eigenvalue weighted by Gasteiger charge is -2.40. The number of fused-ring (bicyclic) bond motifs is 1. The maximum atomic E-state index is 13.9. The van der Waals surface area contributed by atoms with Crippen LogP contribution in [0.1, 0.15) is 36.8 Å². The average Bonchev–Trinajstić information content (AvgIpc) is 2.95. The summed E-state index contributed by atoms with van der Waals surface area (Å²) in [6.07, 6.45) is 4.79. The minimum absolute atomic E-state index is 0.225. The van der Waals surface area contributed by atoms with Gasteiger partial charge in [0.05, 0.1) is 23.7 Å². The number of likely N-dealkylation sites (tertiary alicyclic amines) is 1. The molecule has 1 aromatic heterocycles. The summed E-state index contributed by atoms with van der Waals surface area (Å²) >= 11 is 0. The lowest BCUT2D eigenvalue weighted by atomic mass is 9.73. The van der Waals surface area contributed by atoms with Gasteiger partial charge >= 0.3 is 0 Å². The van der Waals surface area contributed by atoms with E-state index in [-0.39, 0.29) is 12.2 Å². The fourth-order valence-electron chi connectivity index (χ4n) is 5.42. The molecule has 0 saturated carbocycles. The van der Waals surface area contributed by atoms with Gasteiger partial charge in [0.15, 0.2) is 11.6 Å². The number of carbonyl (C=O) groups is 1. The summed E-state index contributed by atoms with van der Waals surface area (Å²) in [5.41, 5.74) is 9.75. The second-order valence-corrected chi connectivity index (χ2v) is 9.94. The van der Waals surface area contributed by atoms with Crippen molar-refractivity contribution in [1.29, 1.82) is 0 Å². The molecule has 1 fully saturated rings. The minimum Gasteiger partial charge on any atom is -0.497 e. The molecule has 1 saturated heterocycles. The maximum Gasteiger partial charge on any atom is 0.249 e. The zero-order valence-corrected chi connectivity index (χ0v) is 21.9. The number of nitrogens with one attached hydrogen (secondary N) is 2. The Balaban J connectivity index is 1.38. The molecule has 39 heavy (non-hydrogen) atoms. The molecule has 1 aliphatic heterocycles. The molecular weight excluding hydrogens is 511 g/mol. The molecule has 8 nitrogen and oxygen atoms in total. The van der Waals surface area contributed by atoms with Crippen LogP contribution in [0.2, 0.25) is 0 Å². The third-order valence-electron chi connectivity index (χ3n) is 7.71. The van der Waals surface area contributed by atoms with E-state index in [1.54, 1.807) is 13.3 Å². The van der Waals surface area contributed by atoms with Crippen molar-refractivity contribution in [3.8, 4) is 5.75 Å². The number of halogens is 3. The van der Waals surface area contributed by atoms with Gasteiger partial charge in [-0.3, -0.25) is 15.0 Å². The van der Waals surface area contributed by atoms with Gasteiger partial charge in [-0.05, 0) is 74.5 Å². The third kappa shape index (κ3) is 6.43. The monoisotopic (exact) mass is 545 g/mol. The molecule has 1 aliphatic rings. The van der Waals surface area contributed by atoms with Gasteiger partial charge in [0.25, 0.3) is 0 Å². The van der Waals surface area contributed by atoms with Crippen LogP contribution in [-0.4, -0.2) is 54.3 Å². The first kappa shape index (κ1) is 28.6. The largest absolute Gasteiger partial charge is 0.497 e. The molecular formula is C28H34F3N5O3. The van der Waals surface area contributed by atoms with Crippen molar-refractivity contribution in [2.24, 2.45) is 11.1 Å². The molecule has 0 bridgehead atoms. The molecule has 0 unspecified atom stereocenters. The Morgan fingerprint density at radius 3 is 2.67 bits per heavy atom. The Morgan fingerprint density at radius 1 is 1.21 bits per heavy atom. The van der Waals surface area contributed by atoms with Gasteiger partial charge in [-0.25, -0.2) is 18.7 Å². The van der Waals surface area contributed by atoms with Crippen LogP contribution >= 0.6 is 0 Å². The Morgan fingerprint density at radius 2 is 1.97 bits per heavy atom. The number of anilines is 1. The molecule has 5 N–H and O–H groups in total. The van der Waals surface area contributed by atoms with E-state index in [0.717, 1.165) is 33.8 Å².